The highest BCUT2D eigenvalue weighted by molar-refractivity contribution is 8.00. The van der Waals surface area contributed by atoms with Gasteiger partial charge in [-0.3, -0.25) is 0 Å². The number of anilines is 1. The summed E-state index contributed by atoms with van der Waals surface area (Å²) < 4.78 is 3.29. The summed E-state index contributed by atoms with van der Waals surface area (Å²) in [6, 6.07) is 10.8. The Hall–Kier alpha value is -2.53. The molecule has 5 nitrogen and oxygen atoms in total. The normalized spacial score (nSPS) is 13.1. The molecule has 3 aromatic rings. The van der Waals surface area contributed by atoms with Crippen LogP contribution in [0.2, 0.25) is 5.02 Å². The van der Waals surface area contributed by atoms with Crippen LogP contribution in [0.25, 0.3) is 11.3 Å². The number of nitrogens with one attached hydrogen (secondary N) is 1. The van der Waals surface area contributed by atoms with Crippen LogP contribution in [-0.4, -0.2) is 16.1 Å². The summed E-state index contributed by atoms with van der Waals surface area (Å²) in [5.41, 5.74) is 5.76. The lowest BCUT2D eigenvalue weighted by Gasteiger charge is -2.14. The van der Waals surface area contributed by atoms with E-state index in [9.17, 15) is 15.2 Å². The number of aromatic nitrogens is 1. The van der Waals surface area contributed by atoms with Gasteiger partial charge in [0.05, 0.1) is 33.0 Å². The first kappa shape index (κ1) is 18.8. The van der Waals surface area contributed by atoms with Crippen molar-refractivity contribution in [3.63, 3.8) is 0 Å². The molecule has 1 aliphatic carbocycles. The number of aromatic carboxylic acids is 1. The van der Waals surface area contributed by atoms with Gasteiger partial charge in [-0.25, -0.2) is 9.78 Å². The molecule has 1 saturated carbocycles. The number of thiazole rings is 1. The first-order valence-electron chi connectivity index (χ1n) is 8.49. The van der Waals surface area contributed by atoms with Gasteiger partial charge in [0.25, 0.3) is 0 Å². The zero-order valence-corrected chi connectivity index (χ0v) is 16.9. The van der Waals surface area contributed by atoms with Gasteiger partial charge in [-0.2, -0.15) is 5.26 Å². The van der Waals surface area contributed by atoms with E-state index >= 15 is 0 Å². The minimum Gasteiger partial charge on any atom is -0.478 e. The highest BCUT2D eigenvalue weighted by atomic mass is 35.5. The zero-order chi connectivity index (χ0) is 19.7. The number of benzene rings is 2. The number of halogens is 1. The highest BCUT2D eigenvalue weighted by Crippen LogP contribution is 2.45. The van der Waals surface area contributed by atoms with Crippen molar-refractivity contribution in [1.82, 2.24) is 4.98 Å². The van der Waals surface area contributed by atoms with Crippen LogP contribution in [0.4, 0.5) is 5.69 Å². The predicted octanol–water partition coefficient (Wildman–Crippen LogP) is 6.03. The fourth-order valence-electron chi connectivity index (χ4n) is 2.90. The Morgan fingerprint density at radius 3 is 2.82 bits per heavy atom. The van der Waals surface area contributed by atoms with Crippen molar-refractivity contribution in [3.05, 3.63) is 62.9 Å². The van der Waals surface area contributed by atoms with Crippen molar-refractivity contribution in [2.75, 3.05) is 4.72 Å². The SMILES string of the molecule is N#Cc1cc(NSc2cc(C(=O)O)ccc2C2CC2)c(-c2cscn2)cc1Cl. The Balaban J connectivity index is 1.69. The van der Waals surface area contributed by atoms with Crippen LogP contribution in [0.15, 0.2) is 46.1 Å². The second-order valence-electron chi connectivity index (χ2n) is 6.40. The number of hydrogen-bond donors (Lipinski definition) is 2. The van der Waals surface area contributed by atoms with Gasteiger partial charge in [-0.05, 0) is 60.5 Å². The summed E-state index contributed by atoms with van der Waals surface area (Å²) in [7, 11) is 0. The Labute approximate surface area is 175 Å². The molecule has 2 aromatic carbocycles. The fraction of sp³-hybridized carbons (Fsp3) is 0.150. The van der Waals surface area contributed by atoms with Gasteiger partial charge >= 0.3 is 5.97 Å². The van der Waals surface area contributed by atoms with E-state index in [0.29, 0.717) is 22.2 Å². The highest BCUT2D eigenvalue weighted by Gasteiger charge is 2.27. The number of nitrogens with zero attached hydrogens (tertiary/aromatic N) is 2. The molecule has 0 spiro atoms. The van der Waals surface area contributed by atoms with Crippen molar-refractivity contribution < 1.29 is 9.90 Å². The number of carboxylic acid groups (broad SMARTS) is 1. The standard InChI is InChI=1S/C20H14ClN3O2S2/c21-16-7-15(18-9-27-10-23-18)17(5-13(16)8-22)24-28-19-6-12(20(25)26)3-4-14(19)11-1-2-11/h3-7,9-11,24H,1-2H2,(H,25,26). The van der Waals surface area contributed by atoms with Gasteiger partial charge in [0, 0.05) is 15.8 Å². The molecule has 2 N–H and O–H groups in total. The molecule has 0 aliphatic heterocycles. The van der Waals surface area contributed by atoms with E-state index in [4.69, 9.17) is 11.6 Å². The average molecular weight is 428 g/mol. The Kier molecular flexibility index (Phi) is 5.27. The number of hydrogen-bond acceptors (Lipinski definition) is 6. The van der Waals surface area contributed by atoms with Gasteiger partial charge in [0.1, 0.15) is 6.07 Å². The van der Waals surface area contributed by atoms with E-state index in [1.165, 1.54) is 23.3 Å². The van der Waals surface area contributed by atoms with Gasteiger partial charge in [0.15, 0.2) is 0 Å². The van der Waals surface area contributed by atoms with Crippen LogP contribution in [0, 0.1) is 11.3 Å². The lowest BCUT2D eigenvalue weighted by atomic mass is 10.1. The topological polar surface area (TPSA) is 86.0 Å². The third-order valence-electron chi connectivity index (χ3n) is 4.48. The lowest BCUT2D eigenvalue weighted by molar-refractivity contribution is 0.0696. The summed E-state index contributed by atoms with van der Waals surface area (Å²) in [4.78, 5) is 16.6. The van der Waals surface area contributed by atoms with E-state index < -0.39 is 5.97 Å². The van der Waals surface area contributed by atoms with Gasteiger partial charge in [0.2, 0.25) is 0 Å². The summed E-state index contributed by atoms with van der Waals surface area (Å²) in [5.74, 6) is -0.476. The number of rotatable bonds is 6. The second-order valence-corrected chi connectivity index (χ2v) is 8.37. The summed E-state index contributed by atoms with van der Waals surface area (Å²) in [6.07, 6.45) is 2.23. The maximum atomic E-state index is 11.4. The quantitative estimate of drug-likeness (QED) is 0.467. The van der Waals surface area contributed by atoms with Crippen molar-refractivity contribution in [2.45, 2.75) is 23.7 Å². The van der Waals surface area contributed by atoms with Crippen molar-refractivity contribution in [3.8, 4) is 17.3 Å². The first-order chi connectivity index (χ1) is 13.6. The molecule has 0 bridgehead atoms. The molecule has 0 saturated heterocycles. The van der Waals surface area contributed by atoms with Crippen LogP contribution < -0.4 is 4.72 Å². The zero-order valence-electron chi connectivity index (χ0n) is 14.5. The molecule has 1 aromatic heterocycles. The van der Waals surface area contributed by atoms with Crippen molar-refractivity contribution >= 4 is 46.5 Å². The molecule has 0 unspecified atom stereocenters. The van der Waals surface area contributed by atoms with Gasteiger partial charge < -0.3 is 9.83 Å². The largest absolute Gasteiger partial charge is 0.478 e. The minimum absolute atomic E-state index is 0.252. The van der Waals surface area contributed by atoms with Gasteiger partial charge in [-0.15, -0.1) is 11.3 Å². The molecular formula is C20H14ClN3O2S2. The molecule has 140 valence electrons. The molecule has 0 atom stereocenters. The van der Waals surface area contributed by atoms with E-state index in [2.05, 4.69) is 15.8 Å². The molecule has 1 aliphatic rings. The van der Waals surface area contributed by atoms with Crippen molar-refractivity contribution in [1.29, 1.82) is 5.26 Å². The molecule has 4 rings (SSSR count). The molecule has 0 amide bonds. The summed E-state index contributed by atoms with van der Waals surface area (Å²) in [5, 5.41) is 20.9. The summed E-state index contributed by atoms with van der Waals surface area (Å²) in [6.45, 7) is 0. The van der Waals surface area contributed by atoms with Crippen LogP contribution in [0.5, 0.6) is 0 Å². The number of nitriles is 1. The Morgan fingerprint density at radius 1 is 1.36 bits per heavy atom. The van der Waals surface area contributed by atoms with E-state index in [1.807, 2.05) is 11.4 Å². The van der Waals surface area contributed by atoms with E-state index in [1.54, 1.807) is 29.8 Å². The Bertz CT molecular complexity index is 1090. The second kappa shape index (κ2) is 7.84. The van der Waals surface area contributed by atoms with Crippen molar-refractivity contribution in [2.24, 2.45) is 0 Å². The monoisotopic (exact) mass is 427 g/mol. The third-order valence-corrected chi connectivity index (χ3v) is 6.28. The molecule has 0 radical (unpaired) electrons. The van der Waals surface area contributed by atoms with Crippen LogP contribution >= 0.6 is 34.9 Å². The average Bonchev–Trinajstić information content (AvgIpc) is 3.40. The maximum absolute atomic E-state index is 11.4. The summed E-state index contributed by atoms with van der Waals surface area (Å²) >= 11 is 9.04. The van der Waals surface area contributed by atoms with E-state index in [0.717, 1.165) is 34.6 Å². The minimum atomic E-state index is -0.953. The smallest absolute Gasteiger partial charge is 0.335 e. The van der Waals surface area contributed by atoms with Crippen LogP contribution in [0.3, 0.4) is 0 Å². The Morgan fingerprint density at radius 2 is 2.18 bits per heavy atom. The fourth-order valence-corrected chi connectivity index (χ4v) is 4.58. The molecular weight excluding hydrogens is 414 g/mol. The molecule has 28 heavy (non-hydrogen) atoms. The maximum Gasteiger partial charge on any atom is 0.335 e. The van der Waals surface area contributed by atoms with Crippen LogP contribution in [-0.2, 0) is 0 Å². The molecule has 8 heteroatoms. The van der Waals surface area contributed by atoms with Gasteiger partial charge in [-0.1, -0.05) is 17.7 Å². The van der Waals surface area contributed by atoms with Crippen LogP contribution in [0.1, 0.15) is 40.2 Å². The third kappa shape index (κ3) is 3.85. The number of carbonyl (C=O) groups is 1. The number of carboxylic acids is 1. The molecule has 1 heterocycles. The predicted molar refractivity (Wildman–Crippen MR) is 112 cm³/mol. The molecule has 1 fully saturated rings. The first-order valence-corrected chi connectivity index (χ1v) is 10.6. The lowest BCUT2D eigenvalue weighted by Crippen LogP contribution is -2.00. The van der Waals surface area contributed by atoms with E-state index in [-0.39, 0.29) is 5.56 Å².